The van der Waals surface area contributed by atoms with Crippen LogP contribution in [-0.4, -0.2) is 58.2 Å². The van der Waals surface area contributed by atoms with E-state index in [2.05, 4.69) is 21.3 Å². The Morgan fingerprint density at radius 1 is 1.06 bits per heavy atom. The maximum Gasteiger partial charge on any atom is 0.410 e. The lowest BCUT2D eigenvalue weighted by Crippen LogP contribution is -2.50. The van der Waals surface area contributed by atoms with Crippen LogP contribution in [0.15, 0.2) is 42.7 Å². The van der Waals surface area contributed by atoms with Crippen LogP contribution < -0.4 is 10.2 Å². The Labute approximate surface area is 206 Å². The molecule has 4 rings (SSSR count). The number of benzene rings is 1. The molecule has 1 aliphatic heterocycles. The number of amides is 2. The smallest absolute Gasteiger partial charge is 0.410 e. The quantitative estimate of drug-likeness (QED) is 0.578. The average Bonchev–Trinajstić information content (AvgIpc) is 3.15. The van der Waals surface area contributed by atoms with E-state index in [0.717, 1.165) is 33.5 Å². The summed E-state index contributed by atoms with van der Waals surface area (Å²) in [5.41, 5.74) is 5.21. The number of piperazine rings is 1. The molecule has 0 aliphatic carbocycles. The van der Waals surface area contributed by atoms with Crippen LogP contribution in [0, 0.1) is 13.8 Å². The van der Waals surface area contributed by atoms with Gasteiger partial charge in [0, 0.05) is 49.9 Å². The Balaban J connectivity index is 1.44. The number of rotatable bonds is 4. The molecule has 1 aliphatic rings. The first-order valence-corrected chi connectivity index (χ1v) is 12.1. The number of hydrogen-bond donors (Lipinski definition) is 1. The second-order valence-corrected chi connectivity index (χ2v) is 10.2. The van der Waals surface area contributed by atoms with Gasteiger partial charge in [-0.2, -0.15) is 0 Å². The van der Waals surface area contributed by atoms with Crippen molar-refractivity contribution in [2.24, 2.45) is 0 Å². The molecule has 35 heavy (non-hydrogen) atoms. The largest absolute Gasteiger partial charge is 0.444 e. The van der Waals surface area contributed by atoms with Crippen molar-refractivity contribution in [3.63, 3.8) is 0 Å². The summed E-state index contributed by atoms with van der Waals surface area (Å²) < 4.78 is 7.47. The van der Waals surface area contributed by atoms with Crippen molar-refractivity contribution in [2.75, 3.05) is 36.4 Å². The van der Waals surface area contributed by atoms with E-state index >= 15 is 0 Å². The molecule has 0 radical (unpaired) electrons. The summed E-state index contributed by atoms with van der Waals surface area (Å²) in [5.74, 6) is -0.0826. The number of nitrogens with zero attached hydrogens (tertiary/aromatic N) is 4. The van der Waals surface area contributed by atoms with Gasteiger partial charge in [-0.3, -0.25) is 9.78 Å². The van der Waals surface area contributed by atoms with Crippen molar-refractivity contribution in [1.82, 2.24) is 14.5 Å². The molecule has 1 atom stereocenters. The van der Waals surface area contributed by atoms with Crippen molar-refractivity contribution in [3.8, 4) is 0 Å². The molecule has 0 saturated carbocycles. The fourth-order valence-corrected chi connectivity index (χ4v) is 4.35. The van der Waals surface area contributed by atoms with Crippen LogP contribution in [0.3, 0.4) is 0 Å². The third-order valence-corrected chi connectivity index (χ3v) is 6.34. The number of fused-ring (bicyclic) bond motifs is 1. The van der Waals surface area contributed by atoms with E-state index in [0.29, 0.717) is 26.2 Å². The van der Waals surface area contributed by atoms with Crippen molar-refractivity contribution < 1.29 is 14.3 Å². The van der Waals surface area contributed by atoms with Gasteiger partial charge in [-0.05, 0) is 76.9 Å². The van der Waals surface area contributed by atoms with Crippen molar-refractivity contribution in [3.05, 3.63) is 53.9 Å². The van der Waals surface area contributed by atoms with E-state index in [1.165, 1.54) is 0 Å². The first-order valence-electron chi connectivity index (χ1n) is 12.1. The van der Waals surface area contributed by atoms with E-state index in [-0.39, 0.29) is 12.0 Å². The van der Waals surface area contributed by atoms with Crippen LogP contribution in [0.5, 0.6) is 0 Å². The van der Waals surface area contributed by atoms with E-state index < -0.39 is 11.6 Å². The summed E-state index contributed by atoms with van der Waals surface area (Å²) in [6.07, 6.45) is 3.48. The lowest BCUT2D eigenvalue weighted by Gasteiger charge is -2.37. The molecule has 1 fully saturated rings. The Kier molecular flexibility index (Phi) is 6.74. The van der Waals surface area contributed by atoms with Crippen LogP contribution in [-0.2, 0) is 9.53 Å². The third kappa shape index (κ3) is 5.42. The lowest BCUT2D eigenvalue weighted by atomic mass is 10.1. The second-order valence-electron chi connectivity index (χ2n) is 10.2. The van der Waals surface area contributed by atoms with E-state index in [4.69, 9.17) is 4.74 Å². The van der Waals surface area contributed by atoms with E-state index in [1.54, 1.807) is 11.1 Å². The predicted molar refractivity (Wildman–Crippen MR) is 139 cm³/mol. The van der Waals surface area contributed by atoms with Gasteiger partial charge in [0.05, 0.1) is 11.0 Å². The molecule has 1 aromatic carbocycles. The molecule has 0 spiro atoms. The summed E-state index contributed by atoms with van der Waals surface area (Å²) in [6, 6.07) is 9.59. The van der Waals surface area contributed by atoms with Gasteiger partial charge in [0.15, 0.2) is 0 Å². The summed E-state index contributed by atoms with van der Waals surface area (Å²) >= 11 is 0. The highest BCUT2D eigenvalue weighted by Gasteiger charge is 2.26. The van der Waals surface area contributed by atoms with Crippen LogP contribution in [0.25, 0.3) is 11.0 Å². The summed E-state index contributed by atoms with van der Waals surface area (Å²) in [7, 11) is 0. The zero-order valence-corrected chi connectivity index (χ0v) is 21.5. The number of pyridine rings is 1. The van der Waals surface area contributed by atoms with E-state index in [9.17, 15) is 9.59 Å². The third-order valence-electron chi connectivity index (χ3n) is 6.34. The second kappa shape index (κ2) is 9.60. The predicted octanol–water partition coefficient (Wildman–Crippen LogP) is 4.91. The Morgan fingerprint density at radius 2 is 1.77 bits per heavy atom. The molecule has 3 heterocycles. The fraction of sp³-hybridized carbons (Fsp3) is 0.444. The number of ether oxygens (including phenoxy) is 1. The van der Waals surface area contributed by atoms with Crippen LogP contribution in [0.4, 0.5) is 16.2 Å². The molecule has 2 aromatic heterocycles. The van der Waals surface area contributed by atoms with Gasteiger partial charge in [-0.1, -0.05) is 6.07 Å². The molecule has 8 heteroatoms. The number of carbonyl (C=O) groups excluding carboxylic acids is 2. The van der Waals surface area contributed by atoms with Gasteiger partial charge in [-0.15, -0.1) is 0 Å². The molecule has 1 saturated heterocycles. The number of aryl methyl sites for hydroxylation is 2. The maximum atomic E-state index is 13.2. The zero-order chi connectivity index (χ0) is 25.3. The monoisotopic (exact) mass is 477 g/mol. The minimum Gasteiger partial charge on any atom is -0.444 e. The summed E-state index contributed by atoms with van der Waals surface area (Å²) in [5, 5.41) is 3.12. The highest BCUT2D eigenvalue weighted by atomic mass is 16.6. The number of anilines is 2. The van der Waals surface area contributed by atoms with Gasteiger partial charge in [-0.25, -0.2) is 4.79 Å². The molecular formula is C27H35N5O3. The number of carbonyl (C=O) groups is 2. The molecule has 186 valence electrons. The minimum absolute atomic E-state index is 0.0826. The molecule has 1 N–H and O–H groups in total. The van der Waals surface area contributed by atoms with Crippen molar-refractivity contribution >= 4 is 34.4 Å². The highest BCUT2D eigenvalue weighted by Crippen LogP contribution is 2.27. The lowest BCUT2D eigenvalue weighted by molar-refractivity contribution is -0.118. The molecule has 0 bridgehead atoms. The Morgan fingerprint density at radius 3 is 2.46 bits per heavy atom. The standard InChI is InChI=1S/C27H35N5O3/c1-18-9-10-21(30-12-14-31(15-13-30)26(34)35-27(4,5)6)16-22(18)29-25(33)20(3)32-17-19(2)24-23(32)8-7-11-28-24/h7-11,16-17,20H,12-15H2,1-6H3,(H,29,33). The minimum atomic E-state index is -0.502. The van der Waals surface area contributed by atoms with Crippen molar-refractivity contribution in [1.29, 1.82) is 0 Å². The number of nitrogens with one attached hydrogen (secondary N) is 1. The highest BCUT2D eigenvalue weighted by molar-refractivity contribution is 5.96. The maximum absolute atomic E-state index is 13.2. The van der Waals surface area contributed by atoms with Gasteiger partial charge in [0.25, 0.3) is 0 Å². The van der Waals surface area contributed by atoms with Crippen LogP contribution in [0.1, 0.15) is 44.9 Å². The normalized spacial score (nSPS) is 15.3. The Hall–Kier alpha value is -3.55. The van der Waals surface area contributed by atoms with Gasteiger partial charge in [0.2, 0.25) is 5.91 Å². The molecule has 2 amide bonds. The number of aromatic nitrogens is 2. The SMILES string of the molecule is Cc1ccc(N2CCN(C(=O)OC(C)(C)C)CC2)cc1NC(=O)C(C)n1cc(C)c2ncccc21. The fourth-order valence-electron chi connectivity index (χ4n) is 4.35. The Bertz CT molecular complexity index is 1240. The van der Waals surface area contributed by atoms with Gasteiger partial charge >= 0.3 is 6.09 Å². The first kappa shape index (κ1) is 24.6. The molecule has 3 aromatic rings. The first-order chi connectivity index (χ1) is 16.5. The van der Waals surface area contributed by atoms with Crippen LogP contribution in [0.2, 0.25) is 0 Å². The summed E-state index contributed by atoms with van der Waals surface area (Å²) in [4.78, 5) is 34.0. The van der Waals surface area contributed by atoms with E-state index in [1.807, 2.05) is 76.6 Å². The number of hydrogen-bond acceptors (Lipinski definition) is 5. The zero-order valence-electron chi connectivity index (χ0n) is 21.5. The topological polar surface area (TPSA) is 79.7 Å². The molecular weight excluding hydrogens is 442 g/mol. The van der Waals surface area contributed by atoms with Gasteiger partial charge in [0.1, 0.15) is 11.6 Å². The summed E-state index contributed by atoms with van der Waals surface area (Å²) in [6.45, 7) is 14.1. The van der Waals surface area contributed by atoms with Crippen LogP contribution >= 0.6 is 0 Å². The average molecular weight is 478 g/mol. The molecule has 1 unspecified atom stereocenters. The van der Waals surface area contributed by atoms with Crippen molar-refractivity contribution in [2.45, 2.75) is 53.2 Å². The van der Waals surface area contributed by atoms with Gasteiger partial charge < -0.3 is 24.4 Å². The molecule has 8 nitrogen and oxygen atoms in total.